The number of carbonyl (C=O) groups is 1. The van der Waals surface area contributed by atoms with Gasteiger partial charge in [-0.25, -0.2) is 0 Å². The highest BCUT2D eigenvalue weighted by atomic mass is 16.5. The summed E-state index contributed by atoms with van der Waals surface area (Å²) in [4.78, 5) is 11.2. The lowest BCUT2D eigenvalue weighted by Gasteiger charge is -2.41. The fraction of sp³-hybridized carbons (Fsp3) is 0.611. The third-order valence-electron chi connectivity index (χ3n) is 4.19. The number of carboxylic acids is 1. The zero-order valence-corrected chi connectivity index (χ0v) is 14.6. The van der Waals surface area contributed by atoms with Crippen molar-refractivity contribution in [2.24, 2.45) is 5.92 Å². The van der Waals surface area contributed by atoms with E-state index in [4.69, 9.17) is 14.6 Å². The Bertz CT molecular complexity index is 500. The van der Waals surface area contributed by atoms with Gasteiger partial charge < -0.3 is 19.8 Å². The summed E-state index contributed by atoms with van der Waals surface area (Å²) in [7, 11) is 5.81. The van der Waals surface area contributed by atoms with Gasteiger partial charge in [0.1, 0.15) is 5.75 Å². The molecule has 1 aromatic rings. The summed E-state index contributed by atoms with van der Waals surface area (Å²) in [5.74, 6) is 0.281. The second-order valence-corrected chi connectivity index (χ2v) is 6.38. The molecule has 2 unspecified atom stereocenters. The molecule has 2 rings (SSSR count). The molecule has 1 aromatic carbocycles. The number of aliphatic carboxylic acids is 1. The number of ether oxygens (including phenoxy) is 1. The summed E-state index contributed by atoms with van der Waals surface area (Å²) in [5.41, 5.74) is 0.287. The second-order valence-electron chi connectivity index (χ2n) is 6.38. The van der Waals surface area contributed by atoms with Gasteiger partial charge in [0.2, 0.25) is 0 Å². The molecule has 0 heterocycles. The van der Waals surface area contributed by atoms with Gasteiger partial charge in [0.05, 0.1) is 12.7 Å². The molecule has 2 N–H and O–H groups in total. The molecule has 5 heteroatoms. The smallest absolute Gasteiger partial charge is 0.300 e. The summed E-state index contributed by atoms with van der Waals surface area (Å²) < 4.78 is 5.29. The minimum atomic E-state index is -0.833. The lowest BCUT2D eigenvalue weighted by molar-refractivity contribution is -0.134. The molecule has 0 bridgehead atoms. The Hall–Kier alpha value is -1.59. The normalized spacial score (nSPS) is 23.8. The predicted octanol–water partition coefficient (Wildman–Crippen LogP) is 2.73. The molecule has 1 saturated carbocycles. The Kier molecular flexibility index (Phi) is 7.52. The van der Waals surface area contributed by atoms with Crippen LogP contribution in [0.2, 0.25) is 0 Å². The minimum Gasteiger partial charge on any atom is -0.497 e. The van der Waals surface area contributed by atoms with E-state index >= 15 is 0 Å². The molecule has 1 aliphatic carbocycles. The fourth-order valence-corrected chi connectivity index (χ4v) is 3.18. The number of aliphatic hydroxyl groups is 1. The van der Waals surface area contributed by atoms with E-state index in [0.717, 1.165) is 44.0 Å². The first kappa shape index (κ1) is 19.5. The van der Waals surface area contributed by atoms with Crippen molar-refractivity contribution in [1.82, 2.24) is 4.90 Å². The van der Waals surface area contributed by atoms with Crippen LogP contribution in [0.25, 0.3) is 0 Å². The Morgan fingerprint density at radius 3 is 2.61 bits per heavy atom. The molecule has 130 valence electrons. The zero-order chi connectivity index (χ0) is 17.5. The van der Waals surface area contributed by atoms with E-state index in [9.17, 15) is 5.11 Å². The van der Waals surface area contributed by atoms with Crippen LogP contribution in [0.1, 0.15) is 38.2 Å². The molecule has 5 nitrogen and oxygen atoms in total. The largest absolute Gasteiger partial charge is 0.497 e. The lowest BCUT2D eigenvalue weighted by atomic mass is 9.71. The van der Waals surface area contributed by atoms with Gasteiger partial charge in [0.25, 0.3) is 5.97 Å². The molecular weight excluding hydrogens is 294 g/mol. The monoisotopic (exact) mass is 323 g/mol. The molecule has 0 saturated heterocycles. The third-order valence-corrected chi connectivity index (χ3v) is 4.19. The number of hydrogen-bond donors (Lipinski definition) is 2. The van der Waals surface area contributed by atoms with Crippen molar-refractivity contribution in [3.63, 3.8) is 0 Å². The van der Waals surface area contributed by atoms with Crippen molar-refractivity contribution in [3.05, 3.63) is 29.8 Å². The Balaban J connectivity index is 0.000000593. The molecule has 23 heavy (non-hydrogen) atoms. The first-order valence-corrected chi connectivity index (χ1v) is 8.00. The van der Waals surface area contributed by atoms with Crippen molar-refractivity contribution >= 4 is 5.97 Å². The van der Waals surface area contributed by atoms with Crippen LogP contribution in [0, 0.1) is 5.92 Å². The van der Waals surface area contributed by atoms with Gasteiger partial charge in [-0.3, -0.25) is 4.79 Å². The van der Waals surface area contributed by atoms with Crippen LogP contribution >= 0.6 is 0 Å². The highest BCUT2D eigenvalue weighted by Crippen LogP contribution is 2.42. The van der Waals surface area contributed by atoms with Gasteiger partial charge in [-0.05, 0) is 44.6 Å². The Morgan fingerprint density at radius 2 is 2.04 bits per heavy atom. The summed E-state index contributed by atoms with van der Waals surface area (Å²) in [6.07, 6.45) is 4.24. The number of benzene rings is 1. The van der Waals surface area contributed by atoms with Gasteiger partial charge in [0.15, 0.2) is 0 Å². The lowest BCUT2D eigenvalue weighted by Crippen LogP contribution is -2.43. The maximum atomic E-state index is 11.2. The molecule has 0 spiro atoms. The van der Waals surface area contributed by atoms with E-state index in [0.29, 0.717) is 5.92 Å². The summed E-state index contributed by atoms with van der Waals surface area (Å²) >= 11 is 0. The molecular formula is C18H29NO4. The summed E-state index contributed by atoms with van der Waals surface area (Å²) in [6.45, 7) is 2.01. The van der Waals surface area contributed by atoms with Gasteiger partial charge in [-0.15, -0.1) is 0 Å². The second kappa shape index (κ2) is 8.89. The fourth-order valence-electron chi connectivity index (χ4n) is 3.18. The topological polar surface area (TPSA) is 70.0 Å². The molecule has 1 fully saturated rings. The van der Waals surface area contributed by atoms with E-state index in [1.54, 1.807) is 7.11 Å². The van der Waals surface area contributed by atoms with E-state index in [1.165, 1.54) is 6.42 Å². The predicted molar refractivity (Wildman–Crippen MR) is 90.7 cm³/mol. The van der Waals surface area contributed by atoms with E-state index < -0.39 is 11.6 Å². The molecule has 0 amide bonds. The number of methoxy groups -OCH3 is 1. The van der Waals surface area contributed by atoms with Crippen LogP contribution < -0.4 is 4.74 Å². The maximum Gasteiger partial charge on any atom is 0.300 e. The molecule has 1 aliphatic rings. The standard InChI is InChI=1S/C16H25NO2.C2H4O2/c1-17(2)12-14-7-4-5-10-16(14,18)13-8-6-9-15(11-13)19-3;1-2(3)4/h6,8-9,11,14,18H,4-5,7,10,12H2,1-3H3;1H3,(H,3,4). The van der Waals surface area contributed by atoms with Gasteiger partial charge in [0, 0.05) is 19.4 Å². The van der Waals surface area contributed by atoms with Gasteiger partial charge >= 0.3 is 0 Å². The Morgan fingerprint density at radius 1 is 1.39 bits per heavy atom. The Labute approximate surface area is 138 Å². The number of rotatable bonds is 4. The van der Waals surface area contributed by atoms with Gasteiger partial charge in [-0.2, -0.15) is 0 Å². The SMILES string of the molecule is CC(=O)O.COc1cccc(C2(O)CCCCC2CN(C)C)c1. The zero-order valence-electron chi connectivity index (χ0n) is 14.6. The minimum absolute atomic E-state index is 0.295. The van der Waals surface area contributed by atoms with Crippen molar-refractivity contribution < 1.29 is 19.7 Å². The molecule has 0 aromatic heterocycles. The van der Waals surface area contributed by atoms with Crippen LogP contribution in [-0.2, 0) is 10.4 Å². The summed E-state index contributed by atoms with van der Waals surface area (Å²) in [6, 6.07) is 7.90. The van der Waals surface area contributed by atoms with Crippen LogP contribution in [0.3, 0.4) is 0 Å². The first-order valence-electron chi connectivity index (χ1n) is 8.00. The number of carboxylic acid groups (broad SMARTS) is 1. The summed E-state index contributed by atoms with van der Waals surface area (Å²) in [5, 5.41) is 18.6. The van der Waals surface area contributed by atoms with Crippen LogP contribution in [-0.4, -0.2) is 48.8 Å². The van der Waals surface area contributed by atoms with Crippen molar-refractivity contribution in [1.29, 1.82) is 0 Å². The van der Waals surface area contributed by atoms with Gasteiger partial charge in [-0.1, -0.05) is 25.0 Å². The average molecular weight is 323 g/mol. The van der Waals surface area contributed by atoms with E-state index in [2.05, 4.69) is 19.0 Å². The molecule has 0 radical (unpaired) electrons. The van der Waals surface area contributed by atoms with Crippen LogP contribution in [0.4, 0.5) is 0 Å². The van der Waals surface area contributed by atoms with Crippen LogP contribution in [0.5, 0.6) is 5.75 Å². The molecule has 0 aliphatic heterocycles. The first-order chi connectivity index (χ1) is 10.8. The maximum absolute atomic E-state index is 11.2. The highest BCUT2D eigenvalue weighted by Gasteiger charge is 2.40. The van der Waals surface area contributed by atoms with Crippen molar-refractivity contribution in [2.75, 3.05) is 27.7 Å². The third kappa shape index (κ3) is 5.84. The average Bonchev–Trinajstić information content (AvgIpc) is 2.49. The number of nitrogens with zero attached hydrogens (tertiary/aromatic N) is 1. The highest BCUT2D eigenvalue weighted by molar-refractivity contribution is 5.62. The van der Waals surface area contributed by atoms with Crippen molar-refractivity contribution in [3.8, 4) is 5.75 Å². The molecule has 2 atom stereocenters. The van der Waals surface area contributed by atoms with Crippen LogP contribution in [0.15, 0.2) is 24.3 Å². The van der Waals surface area contributed by atoms with Crippen molar-refractivity contribution in [2.45, 2.75) is 38.2 Å². The van der Waals surface area contributed by atoms with E-state index in [-0.39, 0.29) is 0 Å². The quantitative estimate of drug-likeness (QED) is 0.891. The number of hydrogen-bond acceptors (Lipinski definition) is 4. The van der Waals surface area contributed by atoms with E-state index in [1.807, 2.05) is 24.3 Å².